The highest BCUT2D eigenvalue weighted by Crippen LogP contribution is 2.30. The maximum absolute atomic E-state index is 12.1. The van der Waals surface area contributed by atoms with Crippen LogP contribution in [0.1, 0.15) is 20.8 Å². The van der Waals surface area contributed by atoms with Crippen LogP contribution in [0.15, 0.2) is 0 Å². The molecular weight excluding hydrogens is 283 g/mol. The predicted molar refractivity (Wildman–Crippen MR) is 71.2 cm³/mol. The van der Waals surface area contributed by atoms with Crippen molar-refractivity contribution in [3.05, 3.63) is 0 Å². The van der Waals surface area contributed by atoms with Gasteiger partial charge in [0.15, 0.2) is 12.8 Å². The Morgan fingerprint density at radius 2 is 1.86 bits per heavy atom. The number of amides is 2. The van der Waals surface area contributed by atoms with Crippen molar-refractivity contribution in [3.63, 3.8) is 0 Å². The van der Waals surface area contributed by atoms with E-state index in [2.05, 4.69) is 10.6 Å². The van der Waals surface area contributed by atoms with Crippen LogP contribution in [0.5, 0.6) is 0 Å². The monoisotopic (exact) mass is 304 g/mol. The molecule has 1 saturated heterocycles. The molecule has 0 aromatic carbocycles. The van der Waals surface area contributed by atoms with Crippen LogP contribution in [0.4, 0.5) is 4.39 Å². The lowest BCUT2D eigenvalue weighted by Gasteiger charge is -2.43. The van der Waals surface area contributed by atoms with Crippen LogP contribution in [-0.2, 0) is 19.1 Å². The van der Waals surface area contributed by atoms with Crippen LogP contribution in [0, 0.1) is 11.8 Å². The van der Waals surface area contributed by atoms with Gasteiger partial charge in [0.05, 0.1) is 12.1 Å². The Bertz CT molecular complexity index is 417. The Morgan fingerprint density at radius 3 is 2.33 bits per heavy atom. The number of carbonyl (C=O) groups is 3. The first-order chi connectivity index (χ1) is 9.77. The van der Waals surface area contributed by atoms with Gasteiger partial charge in [0, 0.05) is 13.5 Å². The molecule has 7 nitrogen and oxygen atoms in total. The molecule has 1 aliphatic rings. The normalized spacial score (nSPS) is 32.3. The van der Waals surface area contributed by atoms with Gasteiger partial charge in [-0.1, -0.05) is 13.8 Å². The first-order valence-corrected chi connectivity index (χ1v) is 6.76. The first-order valence-electron chi connectivity index (χ1n) is 6.76. The van der Waals surface area contributed by atoms with E-state index in [4.69, 9.17) is 4.74 Å². The molecule has 8 heteroatoms. The number of carbonyl (C=O) groups excluding carboxylic acids is 2. The number of aliphatic carboxylic acids is 1. The van der Waals surface area contributed by atoms with Crippen LogP contribution in [0.2, 0.25) is 0 Å². The molecule has 1 fully saturated rings. The lowest BCUT2D eigenvalue weighted by molar-refractivity contribution is -0.173. The largest absolute Gasteiger partial charge is 0.479 e. The number of nitrogens with one attached hydrogen (secondary N) is 2. The molecule has 1 rings (SSSR count). The molecule has 0 aromatic rings. The summed E-state index contributed by atoms with van der Waals surface area (Å²) in [6.07, 6.45) is -1.76. The quantitative estimate of drug-likeness (QED) is 0.647. The molecule has 5 atom stereocenters. The molecule has 0 radical (unpaired) electrons. The minimum absolute atomic E-state index is 0.0326. The highest BCUT2D eigenvalue weighted by Gasteiger charge is 2.45. The average Bonchev–Trinajstić information content (AvgIpc) is 2.41. The van der Waals surface area contributed by atoms with Crippen LogP contribution in [-0.4, -0.2) is 54.4 Å². The number of hydrogen-bond donors (Lipinski definition) is 3. The third kappa shape index (κ3) is 4.38. The standard InChI is InChI=1S/C13H21FN2O5/c1-6-7(2)11(16-8(3)17)12(13(19)20)21-9(6)5-15-10(18)4-14/h6-7,9,11-12H,4-5H2,1-3H3,(H,15,18)(H,16,17)(H,19,20)/t6-,7-,9+,11+,12+/m0/s1. The second-order valence-corrected chi connectivity index (χ2v) is 5.32. The summed E-state index contributed by atoms with van der Waals surface area (Å²) in [6, 6.07) is -0.650. The van der Waals surface area contributed by atoms with Gasteiger partial charge in [0.1, 0.15) is 0 Å². The van der Waals surface area contributed by atoms with Gasteiger partial charge in [-0.15, -0.1) is 0 Å². The zero-order valence-corrected chi connectivity index (χ0v) is 12.3. The lowest BCUT2D eigenvalue weighted by Crippen LogP contribution is -2.60. The van der Waals surface area contributed by atoms with E-state index < -0.39 is 36.8 Å². The molecule has 21 heavy (non-hydrogen) atoms. The van der Waals surface area contributed by atoms with Crippen molar-refractivity contribution in [3.8, 4) is 0 Å². The van der Waals surface area contributed by atoms with Gasteiger partial charge in [0.2, 0.25) is 5.91 Å². The molecule has 0 aliphatic carbocycles. The molecule has 0 aromatic heterocycles. The number of alkyl halides is 1. The number of hydrogen-bond acceptors (Lipinski definition) is 4. The number of ether oxygens (including phenoxy) is 1. The fourth-order valence-corrected chi connectivity index (χ4v) is 2.49. The van der Waals surface area contributed by atoms with Gasteiger partial charge in [-0.05, 0) is 11.8 Å². The van der Waals surface area contributed by atoms with E-state index in [1.54, 1.807) is 0 Å². The van der Waals surface area contributed by atoms with Crippen molar-refractivity contribution in [2.75, 3.05) is 13.2 Å². The van der Waals surface area contributed by atoms with E-state index in [1.807, 2.05) is 13.8 Å². The minimum Gasteiger partial charge on any atom is -0.479 e. The fraction of sp³-hybridized carbons (Fsp3) is 0.769. The number of rotatable bonds is 5. The maximum atomic E-state index is 12.1. The molecule has 0 spiro atoms. The molecule has 1 aliphatic heterocycles. The molecule has 1 heterocycles. The van der Waals surface area contributed by atoms with Crippen molar-refractivity contribution in [2.45, 2.75) is 39.0 Å². The van der Waals surface area contributed by atoms with Gasteiger partial charge in [-0.3, -0.25) is 9.59 Å². The summed E-state index contributed by atoms with van der Waals surface area (Å²) in [5.41, 5.74) is 0. The molecule has 3 N–H and O–H groups in total. The SMILES string of the molecule is CC(=O)N[C@@H]1[C@@H](C)[C@H](C)[C@@H](CNC(=O)CF)O[C@H]1C(=O)O. The average molecular weight is 304 g/mol. The van der Waals surface area contributed by atoms with E-state index in [0.29, 0.717) is 0 Å². The summed E-state index contributed by atoms with van der Waals surface area (Å²) < 4.78 is 17.6. The Balaban J connectivity index is 2.81. The van der Waals surface area contributed by atoms with Crippen LogP contribution < -0.4 is 10.6 Å². The van der Waals surface area contributed by atoms with E-state index in [1.165, 1.54) is 6.92 Å². The van der Waals surface area contributed by atoms with Crippen molar-refractivity contribution in [1.82, 2.24) is 10.6 Å². The summed E-state index contributed by atoms with van der Waals surface area (Å²) in [5.74, 6) is -2.57. The Morgan fingerprint density at radius 1 is 1.24 bits per heavy atom. The summed E-state index contributed by atoms with van der Waals surface area (Å²) in [4.78, 5) is 33.5. The molecule has 120 valence electrons. The molecule has 0 bridgehead atoms. The summed E-state index contributed by atoms with van der Waals surface area (Å²) in [5, 5.41) is 14.2. The van der Waals surface area contributed by atoms with Gasteiger partial charge in [-0.25, -0.2) is 9.18 Å². The van der Waals surface area contributed by atoms with Gasteiger partial charge in [0.25, 0.3) is 5.91 Å². The summed E-state index contributed by atoms with van der Waals surface area (Å²) in [7, 11) is 0. The zero-order chi connectivity index (χ0) is 16.2. The van der Waals surface area contributed by atoms with Crippen molar-refractivity contribution >= 4 is 17.8 Å². The van der Waals surface area contributed by atoms with Crippen LogP contribution in [0.25, 0.3) is 0 Å². The summed E-state index contributed by atoms with van der Waals surface area (Å²) >= 11 is 0. The second kappa shape index (κ2) is 7.35. The van der Waals surface area contributed by atoms with E-state index in [0.717, 1.165) is 0 Å². The Hall–Kier alpha value is -1.70. The van der Waals surface area contributed by atoms with Gasteiger partial charge in [-0.2, -0.15) is 0 Å². The first kappa shape index (κ1) is 17.4. The molecule has 0 saturated carbocycles. The second-order valence-electron chi connectivity index (χ2n) is 5.32. The topological polar surface area (TPSA) is 105 Å². The molecule has 2 amide bonds. The number of carboxylic acid groups (broad SMARTS) is 1. The smallest absolute Gasteiger partial charge is 0.335 e. The fourth-order valence-electron chi connectivity index (χ4n) is 2.49. The highest BCUT2D eigenvalue weighted by atomic mass is 19.1. The van der Waals surface area contributed by atoms with E-state index in [-0.39, 0.29) is 24.3 Å². The van der Waals surface area contributed by atoms with Crippen molar-refractivity contribution in [2.24, 2.45) is 11.8 Å². The molecular formula is C13H21FN2O5. The highest BCUT2D eigenvalue weighted by molar-refractivity contribution is 5.78. The third-order valence-corrected chi connectivity index (χ3v) is 3.86. The number of halogens is 1. The zero-order valence-electron chi connectivity index (χ0n) is 12.3. The third-order valence-electron chi connectivity index (χ3n) is 3.86. The lowest BCUT2D eigenvalue weighted by atomic mass is 9.79. The minimum atomic E-state index is -1.20. The number of carboxylic acids is 1. The van der Waals surface area contributed by atoms with Crippen LogP contribution >= 0.6 is 0 Å². The van der Waals surface area contributed by atoms with Crippen molar-refractivity contribution in [1.29, 1.82) is 0 Å². The Kier molecular flexibility index (Phi) is 6.07. The van der Waals surface area contributed by atoms with Crippen LogP contribution in [0.3, 0.4) is 0 Å². The Labute approximate surface area is 122 Å². The van der Waals surface area contributed by atoms with Gasteiger partial charge >= 0.3 is 5.97 Å². The van der Waals surface area contributed by atoms with E-state index in [9.17, 15) is 23.9 Å². The predicted octanol–water partition coefficient (Wildman–Crippen LogP) is -0.299. The van der Waals surface area contributed by atoms with E-state index >= 15 is 0 Å². The maximum Gasteiger partial charge on any atom is 0.335 e. The van der Waals surface area contributed by atoms with Crippen molar-refractivity contribution < 1.29 is 28.6 Å². The van der Waals surface area contributed by atoms with Gasteiger partial charge < -0.3 is 20.5 Å². The molecule has 0 unspecified atom stereocenters. The summed E-state index contributed by atoms with van der Waals surface area (Å²) in [6.45, 7) is 3.86.